The molecule has 0 unspecified atom stereocenters. The Kier molecular flexibility index (Phi) is 5.18. The third-order valence-electron chi connectivity index (χ3n) is 2.36. The Morgan fingerprint density at radius 3 is 3.00 bits per heavy atom. The Labute approximate surface area is 124 Å². The lowest BCUT2D eigenvalue weighted by Gasteiger charge is -2.02. The molecule has 1 aromatic heterocycles. The number of hydrogen-bond donors (Lipinski definition) is 1. The number of nitrogens with zero attached hydrogens (tertiary/aromatic N) is 2. The van der Waals surface area contributed by atoms with E-state index in [1.165, 1.54) is 23.1 Å². The van der Waals surface area contributed by atoms with Gasteiger partial charge in [-0.15, -0.1) is 10.2 Å². The molecule has 2 aromatic rings. The number of aromatic nitrogens is 2. The molecule has 2 rings (SSSR count). The highest BCUT2D eigenvalue weighted by molar-refractivity contribution is 8.00. The van der Waals surface area contributed by atoms with Crippen molar-refractivity contribution in [1.82, 2.24) is 10.2 Å². The van der Waals surface area contributed by atoms with Crippen molar-refractivity contribution in [1.29, 1.82) is 0 Å². The second-order valence-corrected chi connectivity index (χ2v) is 6.22. The number of amides is 1. The van der Waals surface area contributed by atoms with E-state index in [1.54, 1.807) is 0 Å². The molecule has 0 bridgehead atoms. The molecule has 100 valence electrons. The molecule has 1 amide bonds. The Hall–Kier alpha value is -1.11. The second kappa shape index (κ2) is 6.88. The van der Waals surface area contributed by atoms with Crippen LogP contribution in [0.3, 0.4) is 0 Å². The lowest BCUT2D eigenvalue weighted by atomic mass is 10.1. The number of rotatable bonds is 5. The van der Waals surface area contributed by atoms with Crippen molar-refractivity contribution in [3.05, 3.63) is 34.9 Å². The molecule has 0 aliphatic heterocycles. The van der Waals surface area contributed by atoms with Gasteiger partial charge in [0.15, 0.2) is 4.34 Å². The molecule has 1 heterocycles. The molecule has 0 radical (unpaired) electrons. The average Bonchev–Trinajstić information content (AvgIpc) is 2.84. The van der Waals surface area contributed by atoms with Crippen LogP contribution >= 0.6 is 34.7 Å². The summed E-state index contributed by atoms with van der Waals surface area (Å²) >= 11 is 8.77. The molecular weight excluding hydrogens is 302 g/mol. The van der Waals surface area contributed by atoms with Crippen LogP contribution in [-0.4, -0.2) is 22.4 Å². The fourth-order valence-corrected chi connectivity index (χ4v) is 2.87. The van der Waals surface area contributed by atoms with Gasteiger partial charge in [-0.1, -0.05) is 46.8 Å². The maximum absolute atomic E-state index is 11.8. The summed E-state index contributed by atoms with van der Waals surface area (Å²) in [6, 6.07) is 7.52. The van der Waals surface area contributed by atoms with Crippen LogP contribution in [-0.2, 0) is 11.2 Å². The van der Waals surface area contributed by atoms with E-state index in [1.807, 2.05) is 30.5 Å². The zero-order valence-corrected chi connectivity index (χ0v) is 12.6. The van der Waals surface area contributed by atoms with Gasteiger partial charge in [-0.25, -0.2) is 0 Å². The van der Waals surface area contributed by atoms with Crippen LogP contribution in [0.1, 0.15) is 12.0 Å². The van der Waals surface area contributed by atoms with E-state index in [-0.39, 0.29) is 5.91 Å². The molecule has 0 aliphatic rings. The third kappa shape index (κ3) is 4.49. The first-order valence-electron chi connectivity index (χ1n) is 5.59. The van der Waals surface area contributed by atoms with E-state index in [4.69, 9.17) is 11.6 Å². The van der Waals surface area contributed by atoms with Gasteiger partial charge >= 0.3 is 0 Å². The summed E-state index contributed by atoms with van der Waals surface area (Å²) in [5.74, 6) is -0.0659. The lowest BCUT2D eigenvalue weighted by Crippen LogP contribution is -2.12. The summed E-state index contributed by atoms with van der Waals surface area (Å²) in [7, 11) is 0. The predicted molar refractivity (Wildman–Crippen MR) is 80.1 cm³/mol. The fraction of sp³-hybridized carbons (Fsp3) is 0.250. The van der Waals surface area contributed by atoms with E-state index in [0.717, 1.165) is 9.90 Å². The van der Waals surface area contributed by atoms with Crippen molar-refractivity contribution in [3.63, 3.8) is 0 Å². The molecule has 19 heavy (non-hydrogen) atoms. The van der Waals surface area contributed by atoms with Gasteiger partial charge in [0, 0.05) is 11.4 Å². The predicted octanol–water partition coefficient (Wildman–Crippen LogP) is 3.48. The Bertz CT molecular complexity index is 574. The van der Waals surface area contributed by atoms with Crippen molar-refractivity contribution < 1.29 is 4.79 Å². The summed E-state index contributed by atoms with van der Waals surface area (Å²) < 4.78 is 0.838. The zero-order valence-electron chi connectivity index (χ0n) is 10.2. The molecule has 0 saturated heterocycles. The van der Waals surface area contributed by atoms with Crippen LogP contribution in [0.4, 0.5) is 5.13 Å². The number of halogens is 1. The second-order valence-electron chi connectivity index (χ2n) is 3.76. The molecule has 1 aromatic carbocycles. The SMILES string of the molecule is CSc1nnc(NC(=O)CCc2cccc(Cl)c2)s1. The van der Waals surface area contributed by atoms with E-state index >= 15 is 0 Å². The van der Waals surface area contributed by atoms with Gasteiger partial charge in [0.1, 0.15) is 0 Å². The van der Waals surface area contributed by atoms with E-state index < -0.39 is 0 Å². The van der Waals surface area contributed by atoms with E-state index in [2.05, 4.69) is 15.5 Å². The Morgan fingerprint density at radius 2 is 2.32 bits per heavy atom. The van der Waals surface area contributed by atoms with Gasteiger partial charge in [0.2, 0.25) is 11.0 Å². The molecule has 4 nitrogen and oxygen atoms in total. The number of carbonyl (C=O) groups excluding carboxylic acids is 1. The Balaban J connectivity index is 1.84. The third-order valence-corrected chi connectivity index (χ3v) is 4.41. The molecule has 0 aliphatic carbocycles. The number of aryl methyl sites for hydroxylation is 1. The zero-order chi connectivity index (χ0) is 13.7. The highest BCUT2D eigenvalue weighted by Crippen LogP contribution is 2.23. The van der Waals surface area contributed by atoms with Crippen LogP contribution in [0.15, 0.2) is 28.6 Å². The molecular formula is C12H12ClN3OS2. The van der Waals surface area contributed by atoms with Gasteiger partial charge in [0.25, 0.3) is 0 Å². The quantitative estimate of drug-likeness (QED) is 0.678. The smallest absolute Gasteiger partial charge is 0.226 e. The van der Waals surface area contributed by atoms with Crippen LogP contribution < -0.4 is 5.32 Å². The van der Waals surface area contributed by atoms with Crippen molar-refractivity contribution in [2.45, 2.75) is 17.2 Å². The average molecular weight is 314 g/mol. The summed E-state index contributed by atoms with van der Waals surface area (Å²) in [5, 5.41) is 11.8. The highest BCUT2D eigenvalue weighted by atomic mass is 35.5. The maximum atomic E-state index is 11.8. The molecule has 7 heteroatoms. The number of carbonyl (C=O) groups is 1. The normalized spacial score (nSPS) is 10.4. The molecule has 1 N–H and O–H groups in total. The van der Waals surface area contributed by atoms with Crippen molar-refractivity contribution >= 4 is 45.7 Å². The largest absolute Gasteiger partial charge is 0.300 e. The van der Waals surface area contributed by atoms with Gasteiger partial charge in [-0.3, -0.25) is 4.79 Å². The molecule has 0 fully saturated rings. The minimum Gasteiger partial charge on any atom is -0.300 e. The summed E-state index contributed by atoms with van der Waals surface area (Å²) in [6.07, 6.45) is 2.97. The van der Waals surface area contributed by atoms with Gasteiger partial charge < -0.3 is 5.32 Å². The minimum atomic E-state index is -0.0659. The van der Waals surface area contributed by atoms with Crippen molar-refractivity contribution in [3.8, 4) is 0 Å². The molecule has 0 atom stereocenters. The number of hydrogen-bond acceptors (Lipinski definition) is 5. The highest BCUT2D eigenvalue weighted by Gasteiger charge is 2.08. The van der Waals surface area contributed by atoms with Crippen molar-refractivity contribution in [2.24, 2.45) is 0 Å². The van der Waals surface area contributed by atoms with Gasteiger partial charge in [-0.05, 0) is 30.4 Å². The van der Waals surface area contributed by atoms with Crippen LogP contribution in [0.25, 0.3) is 0 Å². The first-order chi connectivity index (χ1) is 9.17. The number of benzene rings is 1. The summed E-state index contributed by atoms with van der Waals surface area (Å²) in [6.45, 7) is 0. The van der Waals surface area contributed by atoms with Crippen LogP contribution in [0.2, 0.25) is 5.02 Å². The van der Waals surface area contributed by atoms with Gasteiger partial charge in [0.05, 0.1) is 0 Å². The first-order valence-corrected chi connectivity index (χ1v) is 8.01. The van der Waals surface area contributed by atoms with Crippen LogP contribution in [0, 0.1) is 0 Å². The number of thioether (sulfide) groups is 1. The topological polar surface area (TPSA) is 54.9 Å². The van der Waals surface area contributed by atoms with E-state index in [0.29, 0.717) is 23.0 Å². The monoisotopic (exact) mass is 313 g/mol. The fourth-order valence-electron chi connectivity index (χ4n) is 1.47. The number of nitrogens with one attached hydrogen (secondary N) is 1. The Morgan fingerprint density at radius 1 is 1.47 bits per heavy atom. The summed E-state index contributed by atoms with van der Waals surface area (Å²) in [4.78, 5) is 11.8. The standard InChI is InChI=1S/C12H12ClN3OS2/c1-18-12-16-15-11(19-12)14-10(17)6-5-8-3-2-4-9(13)7-8/h2-4,7H,5-6H2,1H3,(H,14,15,17). The summed E-state index contributed by atoms with van der Waals surface area (Å²) in [5.41, 5.74) is 1.05. The molecule has 0 spiro atoms. The first kappa shape index (κ1) is 14.3. The van der Waals surface area contributed by atoms with Crippen molar-refractivity contribution in [2.75, 3.05) is 11.6 Å². The molecule has 0 saturated carbocycles. The van der Waals surface area contributed by atoms with Gasteiger partial charge in [-0.2, -0.15) is 0 Å². The minimum absolute atomic E-state index is 0.0659. The maximum Gasteiger partial charge on any atom is 0.226 e. The van der Waals surface area contributed by atoms with Crippen LogP contribution in [0.5, 0.6) is 0 Å². The number of anilines is 1. The van der Waals surface area contributed by atoms with E-state index in [9.17, 15) is 4.79 Å². The lowest BCUT2D eigenvalue weighted by molar-refractivity contribution is -0.116.